The molecule has 2 saturated heterocycles. The fourth-order valence-electron chi connectivity index (χ4n) is 3.64. The number of hydrogen-bond donors (Lipinski definition) is 2. The molecule has 2 aliphatic rings. The molecule has 0 radical (unpaired) electrons. The molecule has 1 aromatic carbocycles. The minimum absolute atomic E-state index is 0.0456. The zero-order valence-electron chi connectivity index (χ0n) is 12.4. The van der Waals surface area contributed by atoms with Crippen LogP contribution in [0.1, 0.15) is 30.9 Å². The number of nitrogens with one attached hydrogen (secondary N) is 2. The summed E-state index contributed by atoms with van der Waals surface area (Å²) in [6.45, 7) is 1.77. The Kier molecular flexibility index (Phi) is 3.74. The van der Waals surface area contributed by atoms with Gasteiger partial charge in [0, 0.05) is 17.9 Å². The third kappa shape index (κ3) is 2.41. The molecule has 0 aromatic heterocycles. The first-order valence-electron chi connectivity index (χ1n) is 7.38. The van der Waals surface area contributed by atoms with Crippen molar-refractivity contribution in [3.8, 4) is 5.75 Å². The van der Waals surface area contributed by atoms with Gasteiger partial charge in [-0.25, -0.2) is 0 Å². The number of rotatable bonds is 3. The molecule has 2 aliphatic heterocycles. The van der Waals surface area contributed by atoms with Crippen molar-refractivity contribution < 1.29 is 14.5 Å². The summed E-state index contributed by atoms with van der Waals surface area (Å²) >= 11 is 0. The number of methoxy groups -OCH3 is 1. The normalized spacial score (nSPS) is 23.3. The van der Waals surface area contributed by atoms with Gasteiger partial charge in [-0.15, -0.1) is 0 Å². The molecule has 2 heterocycles. The molecule has 1 spiro atoms. The maximum atomic E-state index is 12.0. The largest absolute Gasteiger partial charge is 0.490 e. The van der Waals surface area contributed by atoms with Crippen molar-refractivity contribution in [2.75, 3.05) is 20.2 Å². The fourth-order valence-corrected chi connectivity index (χ4v) is 3.64. The van der Waals surface area contributed by atoms with Gasteiger partial charge in [0.2, 0.25) is 5.91 Å². The highest BCUT2D eigenvalue weighted by molar-refractivity contribution is 5.80. The highest BCUT2D eigenvalue weighted by Gasteiger charge is 2.48. The summed E-state index contributed by atoms with van der Waals surface area (Å²) in [5.74, 6) is 0.275. The molecule has 2 fully saturated rings. The van der Waals surface area contributed by atoms with Crippen LogP contribution >= 0.6 is 0 Å². The van der Waals surface area contributed by atoms with E-state index in [1.54, 1.807) is 12.1 Å². The van der Waals surface area contributed by atoms with Crippen LogP contribution in [-0.2, 0) is 4.79 Å². The zero-order chi connectivity index (χ0) is 15.7. The minimum Gasteiger partial charge on any atom is -0.490 e. The molecule has 1 atom stereocenters. The van der Waals surface area contributed by atoms with E-state index in [9.17, 15) is 14.9 Å². The Morgan fingerprint density at radius 1 is 1.36 bits per heavy atom. The summed E-state index contributed by atoms with van der Waals surface area (Å²) in [5, 5.41) is 17.4. The molecule has 7 nitrogen and oxygen atoms in total. The number of ether oxygens (including phenoxy) is 1. The first-order chi connectivity index (χ1) is 10.6. The molecule has 3 rings (SSSR count). The molecule has 1 aromatic rings. The average molecular weight is 305 g/mol. The average Bonchev–Trinajstić information content (AvgIpc) is 2.83. The highest BCUT2D eigenvalue weighted by atomic mass is 16.6. The van der Waals surface area contributed by atoms with Crippen LogP contribution < -0.4 is 15.4 Å². The number of nitro groups is 1. The maximum absolute atomic E-state index is 12.0. The first kappa shape index (κ1) is 14.8. The lowest BCUT2D eigenvalue weighted by Crippen LogP contribution is -2.40. The van der Waals surface area contributed by atoms with Crippen LogP contribution in [0.5, 0.6) is 5.75 Å². The lowest BCUT2D eigenvalue weighted by atomic mass is 9.71. The van der Waals surface area contributed by atoms with Gasteiger partial charge in [0.1, 0.15) is 0 Å². The summed E-state index contributed by atoms with van der Waals surface area (Å²) in [7, 11) is 1.42. The predicted molar refractivity (Wildman–Crippen MR) is 79.7 cm³/mol. The van der Waals surface area contributed by atoms with E-state index in [1.165, 1.54) is 13.2 Å². The van der Waals surface area contributed by atoms with E-state index in [2.05, 4.69) is 10.6 Å². The van der Waals surface area contributed by atoms with Gasteiger partial charge in [-0.05, 0) is 43.6 Å². The van der Waals surface area contributed by atoms with Crippen molar-refractivity contribution in [3.63, 3.8) is 0 Å². The maximum Gasteiger partial charge on any atom is 0.310 e. The standard InChI is InChI=1S/C15H19N3O4/c1-22-12-8-10(2-3-11(12)18(20)21)14-15(9-13(19)17-14)4-6-16-7-5-15/h2-3,8,14,16H,4-7,9H2,1H3,(H,17,19). The number of amides is 1. The molecule has 22 heavy (non-hydrogen) atoms. The lowest BCUT2D eigenvalue weighted by Gasteiger charge is -2.38. The van der Waals surface area contributed by atoms with E-state index in [0.717, 1.165) is 31.5 Å². The Morgan fingerprint density at radius 2 is 2.09 bits per heavy atom. The lowest BCUT2D eigenvalue weighted by molar-refractivity contribution is -0.385. The van der Waals surface area contributed by atoms with Gasteiger partial charge in [-0.2, -0.15) is 0 Å². The molecule has 1 amide bonds. The van der Waals surface area contributed by atoms with E-state index in [-0.39, 0.29) is 28.8 Å². The molecule has 0 aliphatic carbocycles. The summed E-state index contributed by atoms with van der Waals surface area (Å²) < 4.78 is 5.14. The van der Waals surface area contributed by atoms with Crippen LogP contribution in [0.25, 0.3) is 0 Å². The molecule has 118 valence electrons. The van der Waals surface area contributed by atoms with E-state index in [1.807, 2.05) is 0 Å². The van der Waals surface area contributed by atoms with Crippen molar-refractivity contribution >= 4 is 11.6 Å². The summed E-state index contributed by atoms with van der Waals surface area (Å²) in [6.07, 6.45) is 2.34. The van der Waals surface area contributed by atoms with Crippen molar-refractivity contribution in [2.45, 2.75) is 25.3 Å². The molecular weight excluding hydrogens is 286 g/mol. The molecule has 0 bridgehead atoms. The second-order valence-corrected chi connectivity index (χ2v) is 5.98. The number of nitrogens with zero attached hydrogens (tertiary/aromatic N) is 1. The first-order valence-corrected chi connectivity index (χ1v) is 7.38. The summed E-state index contributed by atoms with van der Waals surface area (Å²) in [6, 6.07) is 4.74. The van der Waals surface area contributed by atoms with E-state index >= 15 is 0 Å². The van der Waals surface area contributed by atoms with Gasteiger partial charge in [-0.1, -0.05) is 0 Å². The SMILES string of the molecule is COc1cc(C2NC(=O)CC23CCNCC3)ccc1[N+](=O)[O-]. The topological polar surface area (TPSA) is 93.5 Å². The zero-order valence-corrected chi connectivity index (χ0v) is 12.4. The number of carbonyl (C=O) groups is 1. The monoisotopic (exact) mass is 305 g/mol. The Labute approximate surface area is 128 Å². The molecule has 7 heteroatoms. The van der Waals surface area contributed by atoms with E-state index in [4.69, 9.17) is 4.74 Å². The van der Waals surface area contributed by atoms with E-state index < -0.39 is 4.92 Å². The van der Waals surface area contributed by atoms with Crippen molar-refractivity contribution in [3.05, 3.63) is 33.9 Å². The predicted octanol–water partition coefficient (Wildman–Crippen LogP) is 1.53. The van der Waals surface area contributed by atoms with Crippen LogP contribution in [0, 0.1) is 15.5 Å². The van der Waals surface area contributed by atoms with E-state index in [0.29, 0.717) is 6.42 Å². The second kappa shape index (κ2) is 5.57. The molecule has 2 N–H and O–H groups in total. The minimum atomic E-state index is -0.462. The Bertz CT molecular complexity index is 611. The van der Waals surface area contributed by atoms with Gasteiger partial charge in [0.25, 0.3) is 0 Å². The van der Waals surface area contributed by atoms with Crippen molar-refractivity contribution in [1.29, 1.82) is 0 Å². The summed E-state index contributed by atoms with van der Waals surface area (Å²) in [4.78, 5) is 22.5. The van der Waals surface area contributed by atoms with Crippen LogP contribution in [0.4, 0.5) is 5.69 Å². The summed E-state index contributed by atoms with van der Waals surface area (Å²) in [5.41, 5.74) is 0.703. The number of hydrogen-bond acceptors (Lipinski definition) is 5. The third-order valence-electron chi connectivity index (χ3n) is 4.76. The fraction of sp³-hybridized carbons (Fsp3) is 0.533. The van der Waals surface area contributed by atoms with Crippen LogP contribution in [-0.4, -0.2) is 31.0 Å². The Morgan fingerprint density at radius 3 is 2.73 bits per heavy atom. The second-order valence-electron chi connectivity index (χ2n) is 5.98. The van der Waals surface area contributed by atoms with Crippen molar-refractivity contribution in [1.82, 2.24) is 10.6 Å². The van der Waals surface area contributed by atoms with Gasteiger partial charge < -0.3 is 15.4 Å². The smallest absolute Gasteiger partial charge is 0.310 e. The number of carbonyl (C=O) groups excluding carboxylic acids is 1. The molecule has 1 unspecified atom stereocenters. The Balaban J connectivity index is 1.98. The van der Waals surface area contributed by atoms with Gasteiger partial charge in [0.05, 0.1) is 18.1 Å². The molecule has 0 saturated carbocycles. The van der Waals surface area contributed by atoms with Crippen molar-refractivity contribution in [2.24, 2.45) is 5.41 Å². The van der Waals surface area contributed by atoms with Crippen LogP contribution in [0.2, 0.25) is 0 Å². The number of nitro benzene ring substituents is 1. The van der Waals surface area contributed by atoms with Gasteiger partial charge in [-0.3, -0.25) is 14.9 Å². The molecular formula is C15H19N3O4. The van der Waals surface area contributed by atoms with Gasteiger partial charge in [0.15, 0.2) is 5.75 Å². The number of benzene rings is 1. The quantitative estimate of drug-likeness (QED) is 0.652. The number of piperidine rings is 1. The van der Waals surface area contributed by atoms with Gasteiger partial charge >= 0.3 is 5.69 Å². The third-order valence-corrected chi connectivity index (χ3v) is 4.76. The van der Waals surface area contributed by atoms with Crippen LogP contribution in [0.15, 0.2) is 18.2 Å². The highest BCUT2D eigenvalue weighted by Crippen LogP contribution is 2.49. The Hall–Kier alpha value is -2.15. The van der Waals surface area contributed by atoms with Crippen LogP contribution in [0.3, 0.4) is 0 Å².